The normalized spacial score (nSPS) is 10.9. The summed E-state index contributed by atoms with van der Waals surface area (Å²) >= 11 is 10.7. The molecule has 17 heavy (non-hydrogen) atoms. The van der Waals surface area contributed by atoms with E-state index in [9.17, 15) is 0 Å². The van der Waals surface area contributed by atoms with Crippen molar-refractivity contribution in [1.29, 1.82) is 0 Å². The smallest absolute Gasteiger partial charge is 0.184 e. The molecule has 0 aliphatic carbocycles. The Kier molecular flexibility index (Phi) is 3.51. The van der Waals surface area contributed by atoms with Crippen molar-refractivity contribution in [2.75, 3.05) is 0 Å². The summed E-state index contributed by atoms with van der Waals surface area (Å²) in [5, 5.41) is 6.52. The van der Waals surface area contributed by atoms with Gasteiger partial charge in [0.05, 0.1) is 11.9 Å². The summed E-state index contributed by atoms with van der Waals surface area (Å²) < 4.78 is 0. The highest BCUT2D eigenvalue weighted by Crippen LogP contribution is 2.23. The molecule has 4 nitrogen and oxygen atoms in total. The zero-order valence-electron chi connectivity index (χ0n) is 8.72. The number of nitrogens with one attached hydrogen (secondary N) is 1. The standard InChI is InChI=1S/C11H9ClN4S/c12-9-3-1-2-8-7(9)4-5-14-10(8)6-15-16-11(13)17/h1-6H,(H3,13,16,17). The molecule has 86 valence electrons. The molecule has 0 aliphatic heterocycles. The summed E-state index contributed by atoms with van der Waals surface area (Å²) in [6.07, 6.45) is 3.23. The Morgan fingerprint density at radius 2 is 2.24 bits per heavy atom. The molecule has 0 saturated heterocycles. The van der Waals surface area contributed by atoms with Gasteiger partial charge in [0.1, 0.15) is 0 Å². The lowest BCUT2D eigenvalue weighted by Crippen LogP contribution is -2.24. The molecule has 0 radical (unpaired) electrons. The van der Waals surface area contributed by atoms with Crippen LogP contribution in [0.1, 0.15) is 5.69 Å². The lowest BCUT2D eigenvalue weighted by molar-refractivity contribution is 1.04. The molecule has 0 amide bonds. The van der Waals surface area contributed by atoms with Crippen molar-refractivity contribution in [3.63, 3.8) is 0 Å². The van der Waals surface area contributed by atoms with Crippen LogP contribution in [-0.4, -0.2) is 16.3 Å². The van der Waals surface area contributed by atoms with E-state index in [-0.39, 0.29) is 5.11 Å². The molecule has 0 saturated carbocycles. The number of thiocarbonyl (C=S) groups is 1. The Morgan fingerprint density at radius 3 is 3.00 bits per heavy atom. The number of hydrazone groups is 1. The maximum atomic E-state index is 6.08. The molecule has 2 aromatic rings. The molecule has 0 atom stereocenters. The number of hydrogen-bond acceptors (Lipinski definition) is 3. The lowest BCUT2D eigenvalue weighted by Gasteiger charge is -2.02. The van der Waals surface area contributed by atoms with E-state index >= 15 is 0 Å². The van der Waals surface area contributed by atoms with Gasteiger partial charge in [-0.25, -0.2) is 0 Å². The highest BCUT2D eigenvalue weighted by atomic mass is 35.5. The zero-order chi connectivity index (χ0) is 12.3. The van der Waals surface area contributed by atoms with Gasteiger partial charge in [-0.1, -0.05) is 23.7 Å². The number of fused-ring (bicyclic) bond motifs is 1. The van der Waals surface area contributed by atoms with Crippen LogP contribution >= 0.6 is 23.8 Å². The van der Waals surface area contributed by atoms with Crippen LogP contribution in [0.5, 0.6) is 0 Å². The average Bonchev–Trinajstić information content (AvgIpc) is 2.30. The van der Waals surface area contributed by atoms with Gasteiger partial charge in [-0.15, -0.1) is 0 Å². The van der Waals surface area contributed by atoms with Crippen LogP contribution in [0.15, 0.2) is 35.6 Å². The molecule has 0 unspecified atom stereocenters. The van der Waals surface area contributed by atoms with E-state index in [2.05, 4.69) is 27.7 Å². The lowest BCUT2D eigenvalue weighted by atomic mass is 10.1. The molecule has 0 bridgehead atoms. The summed E-state index contributed by atoms with van der Waals surface area (Å²) in [5.41, 5.74) is 8.44. The number of benzene rings is 1. The quantitative estimate of drug-likeness (QED) is 0.495. The number of hydrogen-bond donors (Lipinski definition) is 2. The Hall–Kier alpha value is -1.72. The number of pyridine rings is 1. The van der Waals surface area contributed by atoms with Crippen molar-refractivity contribution >= 4 is 45.9 Å². The summed E-state index contributed by atoms with van der Waals surface area (Å²) in [6.45, 7) is 0. The van der Waals surface area contributed by atoms with Crippen molar-refractivity contribution in [2.24, 2.45) is 10.8 Å². The Bertz CT molecular complexity index is 597. The van der Waals surface area contributed by atoms with Crippen molar-refractivity contribution in [2.45, 2.75) is 0 Å². The van der Waals surface area contributed by atoms with Crippen LogP contribution in [0.2, 0.25) is 5.02 Å². The van der Waals surface area contributed by atoms with Gasteiger partial charge in [0.2, 0.25) is 0 Å². The van der Waals surface area contributed by atoms with E-state index in [1.165, 1.54) is 0 Å². The first kappa shape index (κ1) is 11.8. The molecule has 1 aromatic heterocycles. The Labute approximate surface area is 108 Å². The van der Waals surface area contributed by atoms with E-state index < -0.39 is 0 Å². The van der Waals surface area contributed by atoms with Crippen molar-refractivity contribution in [3.8, 4) is 0 Å². The van der Waals surface area contributed by atoms with Gasteiger partial charge in [-0.3, -0.25) is 10.4 Å². The summed E-state index contributed by atoms with van der Waals surface area (Å²) in [5.74, 6) is 0. The molecule has 1 heterocycles. The SMILES string of the molecule is NC(=S)NN=Cc1nccc2c(Cl)cccc12. The van der Waals surface area contributed by atoms with E-state index in [1.807, 2.05) is 24.3 Å². The zero-order valence-corrected chi connectivity index (χ0v) is 10.3. The Balaban J connectivity index is 2.44. The number of nitrogens with two attached hydrogens (primary N) is 1. The van der Waals surface area contributed by atoms with Crippen LogP contribution < -0.4 is 11.2 Å². The van der Waals surface area contributed by atoms with Crippen molar-refractivity contribution in [1.82, 2.24) is 10.4 Å². The first-order valence-electron chi connectivity index (χ1n) is 4.80. The topological polar surface area (TPSA) is 63.3 Å². The second-order valence-electron chi connectivity index (χ2n) is 3.27. The fourth-order valence-corrected chi connectivity index (χ4v) is 1.74. The van der Waals surface area contributed by atoms with Crippen LogP contribution in [-0.2, 0) is 0 Å². The van der Waals surface area contributed by atoms with Crippen LogP contribution in [0.25, 0.3) is 10.8 Å². The molecule has 2 rings (SSSR count). The van der Waals surface area contributed by atoms with E-state index in [0.29, 0.717) is 10.7 Å². The molecule has 0 fully saturated rings. The fraction of sp³-hybridized carbons (Fsp3) is 0. The third-order valence-corrected chi connectivity index (χ3v) is 2.57. The number of rotatable bonds is 2. The minimum Gasteiger partial charge on any atom is -0.375 e. The van der Waals surface area contributed by atoms with Gasteiger partial charge in [0.15, 0.2) is 5.11 Å². The third-order valence-electron chi connectivity index (χ3n) is 2.15. The van der Waals surface area contributed by atoms with Gasteiger partial charge in [-0.05, 0) is 24.4 Å². The maximum Gasteiger partial charge on any atom is 0.184 e. The third kappa shape index (κ3) is 2.69. The minimum atomic E-state index is 0.111. The van der Waals surface area contributed by atoms with Crippen LogP contribution in [0.4, 0.5) is 0 Å². The van der Waals surface area contributed by atoms with Gasteiger partial charge in [0, 0.05) is 22.0 Å². The Morgan fingerprint density at radius 1 is 1.41 bits per heavy atom. The molecule has 6 heteroatoms. The number of nitrogens with zero attached hydrogens (tertiary/aromatic N) is 2. The highest BCUT2D eigenvalue weighted by Gasteiger charge is 2.02. The maximum absolute atomic E-state index is 6.08. The minimum absolute atomic E-state index is 0.111. The van der Waals surface area contributed by atoms with Gasteiger partial charge in [0.25, 0.3) is 0 Å². The van der Waals surface area contributed by atoms with Crippen molar-refractivity contribution in [3.05, 3.63) is 41.2 Å². The van der Waals surface area contributed by atoms with E-state index in [4.69, 9.17) is 17.3 Å². The van der Waals surface area contributed by atoms with Gasteiger partial charge < -0.3 is 5.73 Å². The summed E-state index contributed by atoms with van der Waals surface area (Å²) in [6, 6.07) is 7.48. The number of halogens is 1. The fourth-order valence-electron chi connectivity index (χ4n) is 1.45. The van der Waals surface area contributed by atoms with Crippen LogP contribution in [0, 0.1) is 0 Å². The van der Waals surface area contributed by atoms with Crippen LogP contribution in [0.3, 0.4) is 0 Å². The number of aromatic nitrogens is 1. The molecular formula is C11H9ClN4S. The van der Waals surface area contributed by atoms with Crippen molar-refractivity contribution < 1.29 is 0 Å². The molecule has 3 N–H and O–H groups in total. The largest absolute Gasteiger partial charge is 0.375 e. The molecule has 1 aromatic carbocycles. The second-order valence-corrected chi connectivity index (χ2v) is 4.11. The second kappa shape index (κ2) is 5.07. The monoisotopic (exact) mass is 264 g/mol. The first-order valence-corrected chi connectivity index (χ1v) is 5.59. The highest BCUT2D eigenvalue weighted by molar-refractivity contribution is 7.80. The van der Waals surface area contributed by atoms with E-state index in [0.717, 1.165) is 10.8 Å². The first-order chi connectivity index (χ1) is 8.18. The summed E-state index contributed by atoms with van der Waals surface area (Å²) in [4.78, 5) is 4.21. The predicted molar refractivity (Wildman–Crippen MR) is 74.3 cm³/mol. The predicted octanol–water partition coefficient (Wildman–Crippen LogP) is 2.06. The van der Waals surface area contributed by atoms with Gasteiger partial charge >= 0.3 is 0 Å². The molecular weight excluding hydrogens is 256 g/mol. The summed E-state index contributed by atoms with van der Waals surface area (Å²) in [7, 11) is 0. The van der Waals surface area contributed by atoms with E-state index in [1.54, 1.807) is 12.4 Å². The van der Waals surface area contributed by atoms with Gasteiger partial charge in [-0.2, -0.15) is 5.10 Å². The average molecular weight is 265 g/mol. The molecule has 0 aliphatic rings. The molecule has 0 spiro atoms.